The maximum absolute atomic E-state index is 12.7. The molecular weight excluding hydrogens is 286 g/mol. The third kappa shape index (κ3) is 3.16. The van der Waals surface area contributed by atoms with E-state index in [1.165, 1.54) is 11.3 Å². The maximum Gasteiger partial charge on any atom is 0.266 e. The minimum Gasteiger partial charge on any atom is -0.397 e. The number of carbonyl (C=O) groups is 1. The summed E-state index contributed by atoms with van der Waals surface area (Å²) in [5.41, 5.74) is 6.72. The lowest BCUT2D eigenvalue weighted by molar-refractivity contribution is 0.0318. The van der Waals surface area contributed by atoms with Gasteiger partial charge in [0, 0.05) is 24.7 Å². The molecule has 0 radical (unpaired) electrons. The summed E-state index contributed by atoms with van der Waals surface area (Å²) < 4.78 is 0. The molecule has 0 aliphatic carbocycles. The van der Waals surface area contributed by atoms with Gasteiger partial charge in [-0.2, -0.15) is 0 Å². The van der Waals surface area contributed by atoms with Gasteiger partial charge in [-0.15, -0.1) is 11.3 Å². The average Bonchev–Trinajstić information content (AvgIpc) is 2.73. The first-order valence-electron chi connectivity index (χ1n) is 6.90. The molecule has 0 aliphatic rings. The van der Waals surface area contributed by atoms with Crippen LogP contribution in [0, 0.1) is 6.92 Å². The van der Waals surface area contributed by atoms with Crippen LogP contribution < -0.4 is 5.73 Å². The SMILES string of the molecule is CCN(CC(C)(C)O)C(=O)c1sc2nccc(C)c2c1N. The van der Waals surface area contributed by atoms with E-state index in [1.54, 1.807) is 24.9 Å². The van der Waals surface area contributed by atoms with Crippen molar-refractivity contribution < 1.29 is 9.90 Å². The van der Waals surface area contributed by atoms with Gasteiger partial charge in [0.2, 0.25) is 0 Å². The summed E-state index contributed by atoms with van der Waals surface area (Å²) in [4.78, 5) is 19.8. The van der Waals surface area contributed by atoms with Crippen LogP contribution in [0.3, 0.4) is 0 Å². The molecule has 0 fully saturated rings. The predicted octanol–water partition coefficient (Wildman–Crippen LogP) is 2.42. The van der Waals surface area contributed by atoms with E-state index in [-0.39, 0.29) is 12.5 Å². The van der Waals surface area contributed by atoms with Crippen LogP contribution in [0.1, 0.15) is 36.0 Å². The van der Waals surface area contributed by atoms with Crippen LogP contribution in [0.5, 0.6) is 0 Å². The van der Waals surface area contributed by atoms with Crippen LogP contribution in [-0.4, -0.2) is 39.6 Å². The number of aromatic nitrogens is 1. The Balaban J connectivity index is 2.43. The molecule has 6 heteroatoms. The zero-order valence-electron chi connectivity index (χ0n) is 12.8. The van der Waals surface area contributed by atoms with Gasteiger partial charge in [-0.1, -0.05) is 0 Å². The number of likely N-dealkylation sites (N-methyl/N-ethyl adjacent to an activating group) is 1. The molecule has 2 heterocycles. The molecule has 0 spiro atoms. The number of nitrogens with two attached hydrogens (primary N) is 1. The molecule has 0 unspecified atom stereocenters. The molecule has 2 rings (SSSR count). The van der Waals surface area contributed by atoms with E-state index < -0.39 is 5.60 Å². The average molecular weight is 307 g/mol. The zero-order chi connectivity index (χ0) is 15.8. The Kier molecular flexibility index (Phi) is 4.20. The zero-order valence-corrected chi connectivity index (χ0v) is 13.6. The summed E-state index contributed by atoms with van der Waals surface area (Å²) in [6, 6.07) is 1.88. The van der Waals surface area contributed by atoms with Crippen molar-refractivity contribution in [3.05, 3.63) is 22.7 Å². The van der Waals surface area contributed by atoms with Gasteiger partial charge in [0.05, 0.1) is 11.3 Å². The highest BCUT2D eigenvalue weighted by molar-refractivity contribution is 7.21. The Bertz CT molecular complexity index is 673. The third-order valence-corrected chi connectivity index (χ3v) is 4.38. The van der Waals surface area contributed by atoms with Gasteiger partial charge in [-0.3, -0.25) is 4.79 Å². The minimum absolute atomic E-state index is 0.153. The number of aryl methyl sites for hydroxylation is 1. The van der Waals surface area contributed by atoms with E-state index in [0.29, 0.717) is 17.1 Å². The summed E-state index contributed by atoms with van der Waals surface area (Å²) >= 11 is 1.31. The maximum atomic E-state index is 12.7. The van der Waals surface area contributed by atoms with Crippen LogP contribution in [0.4, 0.5) is 5.69 Å². The fourth-order valence-electron chi connectivity index (χ4n) is 2.30. The Morgan fingerprint density at radius 1 is 1.52 bits per heavy atom. The quantitative estimate of drug-likeness (QED) is 0.909. The minimum atomic E-state index is -0.939. The number of fused-ring (bicyclic) bond motifs is 1. The first-order chi connectivity index (χ1) is 9.74. The highest BCUT2D eigenvalue weighted by atomic mass is 32.1. The summed E-state index contributed by atoms with van der Waals surface area (Å²) in [6.45, 7) is 7.99. The van der Waals surface area contributed by atoms with Crippen molar-refractivity contribution in [3.8, 4) is 0 Å². The Morgan fingerprint density at radius 2 is 2.19 bits per heavy atom. The molecule has 0 atom stereocenters. The standard InChI is InChI=1S/C15H21N3O2S/c1-5-18(8-15(3,4)20)14(19)12-11(16)10-9(2)6-7-17-13(10)21-12/h6-7,20H,5,8,16H2,1-4H3. The fraction of sp³-hybridized carbons (Fsp3) is 0.467. The highest BCUT2D eigenvalue weighted by Crippen LogP contribution is 2.35. The van der Waals surface area contributed by atoms with Crippen molar-refractivity contribution in [2.45, 2.75) is 33.3 Å². The van der Waals surface area contributed by atoms with Crippen LogP contribution in [0.25, 0.3) is 10.2 Å². The van der Waals surface area contributed by atoms with E-state index in [0.717, 1.165) is 15.8 Å². The van der Waals surface area contributed by atoms with Gasteiger partial charge < -0.3 is 15.7 Å². The van der Waals surface area contributed by atoms with E-state index in [4.69, 9.17) is 5.73 Å². The van der Waals surface area contributed by atoms with Crippen molar-refractivity contribution >= 4 is 33.1 Å². The topological polar surface area (TPSA) is 79.5 Å². The molecular formula is C15H21N3O2S. The smallest absolute Gasteiger partial charge is 0.266 e. The lowest BCUT2D eigenvalue weighted by Crippen LogP contribution is -2.42. The van der Waals surface area contributed by atoms with Gasteiger partial charge in [0.1, 0.15) is 9.71 Å². The molecule has 1 amide bonds. The second kappa shape index (κ2) is 5.61. The lowest BCUT2D eigenvalue weighted by atomic mass is 10.1. The number of carbonyl (C=O) groups excluding carboxylic acids is 1. The molecule has 0 bridgehead atoms. The van der Waals surface area contributed by atoms with Crippen molar-refractivity contribution in [1.82, 2.24) is 9.88 Å². The molecule has 3 N–H and O–H groups in total. The van der Waals surface area contributed by atoms with Gasteiger partial charge in [0.25, 0.3) is 5.91 Å². The summed E-state index contributed by atoms with van der Waals surface area (Å²) in [6.07, 6.45) is 1.72. The normalized spacial score (nSPS) is 11.9. The second-order valence-electron chi connectivity index (χ2n) is 5.78. The number of rotatable bonds is 4. The van der Waals surface area contributed by atoms with Crippen molar-refractivity contribution in [1.29, 1.82) is 0 Å². The number of pyridine rings is 1. The van der Waals surface area contributed by atoms with Crippen LogP contribution in [-0.2, 0) is 0 Å². The number of nitrogen functional groups attached to an aromatic ring is 1. The summed E-state index contributed by atoms with van der Waals surface area (Å²) in [5, 5.41) is 10.8. The second-order valence-corrected chi connectivity index (χ2v) is 6.78. The number of amides is 1. The molecule has 0 saturated heterocycles. The first kappa shape index (κ1) is 15.7. The van der Waals surface area contributed by atoms with E-state index >= 15 is 0 Å². The molecule has 2 aromatic heterocycles. The van der Waals surface area contributed by atoms with E-state index in [9.17, 15) is 9.90 Å². The van der Waals surface area contributed by atoms with Gasteiger partial charge in [-0.05, 0) is 39.3 Å². The number of hydrogen-bond donors (Lipinski definition) is 2. The highest BCUT2D eigenvalue weighted by Gasteiger charge is 2.26. The van der Waals surface area contributed by atoms with Crippen molar-refractivity contribution in [2.24, 2.45) is 0 Å². The van der Waals surface area contributed by atoms with Crippen LogP contribution in [0.15, 0.2) is 12.3 Å². The van der Waals surface area contributed by atoms with Crippen LogP contribution >= 0.6 is 11.3 Å². The molecule has 2 aromatic rings. The number of thiophene rings is 1. The van der Waals surface area contributed by atoms with Gasteiger partial charge in [0.15, 0.2) is 0 Å². The third-order valence-electron chi connectivity index (χ3n) is 3.28. The molecule has 21 heavy (non-hydrogen) atoms. The fourth-order valence-corrected chi connectivity index (χ4v) is 3.41. The lowest BCUT2D eigenvalue weighted by Gasteiger charge is -2.27. The van der Waals surface area contributed by atoms with Crippen molar-refractivity contribution in [3.63, 3.8) is 0 Å². The Morgan fingerprint density at radius 3 is 2.71 bits per heavy atom. The molecule has 0 aromatic carbocycles. The number of nitrogens with zero attached hydrogens (tertiary/aromatic N) is 2. The van der Waals surface area contributed by atoms with Crippen molar-refractivity contribution in [2.75, 3.05) is 18.8 Å². The Hall–Kier alpha value is -1.66. The Labute approximate surface area is 128 Å². The summed E-state index contributed by atoms with van der Waals surface area (Å²) in [7, 11) is 0. The number of hydrogen-bond acceptors (Lipinski definition) is 5. The molecule has 0 aliphatic heterocycles. The van der Waals surface area contributed by atoms with E-state index in [2.05, 4.69) is 4.98 Å². The molecule has 0 saturated carbocycles. The monoisotopic (exact) mass is 307 g/mol. The molecule has 114 valence electrons. The number of aliphatic hydroxyl groups is 1. The first-order valence-corrected chi connectivity index (χ1v) is 7.71. The van der Waals surface area contributed by atoms with Gasteiger partial charge in [-0.25, -0.2) is 4.98 Å². The van der Waals surface area contributed by atoms with Gasteiger partial charge >= 0.3 is 0 Å². The summed E-state index contributed by atoms with van der Waals surface area (Å²) in [5.74, 6) is -0.153. The van der Waals surface area contributed by atoms with E-state index in [1.807, 2.05) is 19.9 Å². The number of anilines is 1. The largest absolute Gasteiger partial charge is 0.397 e. The molecule has 5 nitrogen and oxygen atoms in total. The van der Waals surface area contributed by atoms with Crippen LogP contribution in [0.2, 0.25) is 0 Å². The predicted molar refractivity (Wildman–Crippen MR) is 86.6 cm³/mol.